The van der Waals surface area contributed by atoms with E-state index in [-0.39, 0.29) is 30.3 Å². The van der Waals surface area contributed by atoms with Crippen LogP contribution >= 0.6 is 11.3 Å². The van der Waals surface area contributed by atoms with Crippen LogP contribution in [0.15, 0.2) is 29.6 Å². The second-order valence-corrected chi connectivity index (χ2v) is 9.36. The normalized spacial score (nSPS) is 16.8. The molecule has 0 spiro atoms. The highest BCUT2D eigenvalue weighted by Crippen LogP contribution is 2.31. The summed E-state index contributed by atoms with van der Waals surface area (Å²) in [5, 5.41) is 2.79. The maximum Gasteiger partial charge on any atom is 0.410 e. The molecule has 0 atom stereocenters. The number of hydrogen-bond donors (Lipinski definition) is 0. The van der Waals surface area contributed by atoms with Crippen molar-refractivity contribution < 1.29 is 19.1 Å². The van der Waals surface area contributed by atoms with Gasteiger partial charge in [0.25, 0.3) is 5.91 Å². The van der Waals surface area contributed by atoms with Crippen molar-refractivity contribution in [3.63, 3.8) is 0 Å². The molecular weight excluding hydrogens is 452 g/mol. The lowest BCUT2D eigenvalue weighted by Crippen LogP contribution is -2.48. The number of piperazine rings is 1. The van der Waals surface area contributed by atoms with Gasteiger partial charge in [0, 0.05) is 61.8 Å². The van der Waals surface area contributed by atoms with Crippen molar-refractivity contribution in [2.45, 2.75) is 25.7 Å². The Labute approximate surface area is 203 Å². The number of ether oxygens (including phenoxy) is 1. The molecule has 1 aromatic carbocycles. The number of hydrogen-bond acceptors (Lipinski definition) is 7. The monoisotopic (exact) mass is 480 g/mol. The first-order valence-corrected chi connectivity index (χ1v) is 12.3. The molecule has 0 unspecified atom stereocenters. The van der Waals surface area contributed by atoms with Gasteiger partial charge in [-0.2, -0.15) is 0 Å². The minimum atomic E-state index is -0.375. The Hall–Kier alpha value is -3.38. The topological polar surface area (TPSA) is 83.1 Å². The number of terminal acetylenes is 1. The minimum Gasteiger partial charge on any atom is -0.436 e. The van der Waals surface area contributed by atoms with Crippen LogP contribution in [0.5, 0.6) is 0 Å². The average molecular weight is 481 g/mol. The second kappa shape index (κ2) is 10.7. The first-order valence-electron chi connectivity index (χ1n) is 11.4. The highest BCUT2D eigenvalue weighted by molar-refractivity contribution is 7.09. The van der Waals surface area contributed by atoms with Crippen LogP contribution < -0.4 is 4.90 Å². The van der Waals surface area contributed by atoms with Gasteiger partial charge in [0.15, 0.2) is 12.4 Å². The van der Waals surface area contributed by atoms with E-state index in [4.69, 9.17) is 11.2 Å². The van der Waals surface area contributed by atoms with Crippen molar-refractivity contribution in [3.8, 4) is 12.3 Å². The zero-order valence-corrected chi connectivity index (χ0v) is 20.1. The van der Waals surface area contributed by atoms with Gasteiger partial charge in [-0.15, -0.1) is 17.8 Å². The smallest absolute Gasteiger partial charge is 0.410 e. The molecule has 0 saturated carbocycles. The van der Waals surface area contributed by atoms with Crippen molar-refractivity contribution in [2.75, 3.05) is 50.8 Å². The highest BCUT2D eigenvalue weighted by Gasteiger charge is 2.29. The number of thiazole rings is 1. The van der Waals surface area contributed by atoms with E-state index < -0.39 is 0 Å². The van der Waals surface area contributed by atoms with E-state index in [1.165, 1.54) is 11.3 Å². The van der Waals surface area contributed by atoms with Crippen LogP contribution in [0.4, 0.5) is 10.5 Å². The van der Waals surface area contributed by atoms with E-state index in [1.54, 1.807) is 11.8 Å². The van der Waals surface area contributed by atoms with Crippen LogP contribution in [0, 0.1) is 12.3 Å². The van der Waals surface area contributed by atoms with E-state index in [9.17, 15) is 14.4 Å². The molecule has 9 heteroatoms. The number of anilines is 1. The van der Waals surface area contributed by atoms with Gasteiger partial charge in [0.05, 0.1) is 5.01 Å². The van der Waals surface area contributed by atoms with Gasteiger partial charge in [0.2, 0.25) is 0 Å². The molecule has 8 nitrogen and oxygen atoms in total. The molecule has 4 rings (SSSR count). The van der Waals surface area contributed by atoms with Gasteiger partial charge < -0.3 is 19.4 Å². The Morgan fingerprint density at radius 2 is 1.74 bits per heavy atom. The molecular formula is C25H28N4O4S. The van der Waals surface area contributed by atoms with E-state index in [1.807, 2.05) is 34.5 Å². The van der Waals surface area contributed by atoms with E-state index >= 15 is 0 Å². The maximum atomic E-state index is 13.0. The first kappa shape index (κ1) is 23.8. The third kappa shape index (κ3) is 5.39. The number of rotatable bonds is 5. The van der Waals surface area contributed by atoms with Crippen molar-refractivity contribution in [1.82, 2.24) is 14.8 Å². The number of nitrogens with zero attached hydrogens (tertiary/aromatic N) is 4. The predicted octanol–water partition coefficient (Wildman–Crippen LogP) is 3.26. The fraction of sp³-hybridized carbons (Fsp3) is 0.440. The molecule has 0 bridgehead atoms. The molecule has 2 saturated heterocycles. The summed E-state index contributed by atoms with van der Waals surface area (Å²) in [6.45, 7) is 5.43. The maximum absolute atomic E-state index is 13.0. The molecule has 34 heavy (non-hydrogen) atoms. The standard InChI is InChI=1S/C25H28N4O4S/c1-3-16-33-25(32)29-10-8-20(9-11-29)23-26-22(17-34-23)24(31)28-14-12-27(13-15-28)21-6-4-19(5-7-21)18(2)30/h1,4-7,17,20H,8-16H2,2H3. The lowest BCUT2D eigenvalue weighted by molar-refractivity contribution is 0.0741. The Morgan fingerprint density at radius 3 is 2.35 bits per heavy atom. The Bertz CT molecular complexity index is 1080. The van der Waals surface area contributed by atoms with Crippen LogP contribution in [-0.2, 0) is 4.74 Å². The van der Waals surface area contributed by atoms with E-state index in [2.05, 4.69) is 15.8 Å². The van der Waals surface area contributed by atoms with E-state index in [0.29, 0.717) is 37.4 Å². The quantitative estimate of drug-likeness (QED) is 0.483. The Kier molecular flexibility index (Phi) is 7.48. The van der Waals surface area contributed by atoms with Crippen molar-refractivity contribution >= 4 is 34.8 Å². The number of piperidine rings is 1. The Morgan fingerprint density at radius 1 is 1.06 bits per heavy atom. The summed E-state index contributed by atoms with van der Waals surface area (Å²) >= 11 is 1.52. The van der Waals surface area contributed by atoms with Gasteiger partial charge in [0.1, 0.15) is 5.69 Å². The molecule has 0 aliphatic carbocycles. The van der Waals surface area contributed by atoms with Crippen LogP contribution in [0.1, 0.15) is 51.5 Å². The highest BCUT2D eigenvalue weighted by atomic mass is 32.1. The number of aromatic nitrogens is 1. The number of benzene rings is 1. The molecule has 2 aliphatic rings. The molecule has 2 amide bonds. The second-order valence-electron chi connectivity index (χ2n) is 8.47. The molecule has 3 heterocycles. The number of likely N-dealkylation sites (tertiary alicyclic amines) is 1. The molecule has 2 aromatic rings. The summed E-state index contributed by atoms with van der Waals surface area (Å²) in [6.07, 6.45) is 6.33. The van der Waals surface area contributed by atoms with Crippen LogP contribution in [0.3, 0.4) is 0 Å². The number of carbonyl (C=O) groups excluding carboxylic acids is 3. The first-order chi connectivity index (χ1) is 16.5. The molecule has 0 N–H and O–H groups in total. The fourth-order valence-corrected chi connectivity index (χ4v) is 5.28. The third-order valence-electron chi connectivity index (χ3n) is 6.33. The Balaban J connectivity index is 1.28. The van der Waals surface area contributed by atoms with E-state index in [0.717, 1.165) is 36.6 Å². The minimum absolute atomic E-state index is 0.0167. The summed E-state index contributed by atoms with van der Waals surface area (Å²) in [5.41, 5.74) is 2.25. The molecule has 178 valence electrons. The average Bonchev–Trinajstić information content (AvgIpc) is 3.37. The molecule has 0 radical (unpaired) electrons. The summed E-state index contributed by atoms with van der Waals surface area (Å²) < 4.78 is 5.00. The predicted molar refractivity (Wildman–Crippen MR) is 130 cm³/mol. The summed E-state index contributed by atoms with van der Waals surface area (Å²) in [6, 6.07) is 7.61. The van der Waals surface area contributed by atoms with Crippen molar-refractivity contribution in [2.24, 2.45) is 0 Å². The van der Waals surface area contributed by atoms with Gasteiger partial charge in [-0.1, -0.05) is 5.92 Å². The summed E-state index contributed by atoms with van der Waals surface area (Å²) in [5.74, 6) is 2.55. The number of ketones is 1. The lowest BCUT2D eigenvalue weighted by Gasteiger charge is -2.36. The van der Waals surface area contributed by atoms with Crippen molar-refractivity contribution in [3.05, 3.63) is 45.9 Å². The number of carbonyl (C=O) groups is 3. The van der Waals surface area contributed by atoms with Gasteiger partial charge in [-0.25, -0.2) is 9.78 Å². The zero-order valence-electron chi connectivity index (χ0n) is 19.2. The fourth-order valence-electron chi connectivity index (χ4n) is 4.31. The molecule has 1 aromatic heterocycles. The van der Waals surface area contributed by atoms with Crippen LogP contribution in [-0.4, -0.2) is 78.4 Å². The van der Waals surface area contributed by atoms with Crippen LogP contribution in [0.2, 0.25) is 0 Å². The lowest BCUT2D eigenvalue weighted by atomic mass is 9.98. The SMILES string of the molecule is C#CCOC(=O)N1CCC(c2nc(C(=O)N3CCN(c4ccc(C(C)=O)cc4)CC3)cs2)CC1. The zero-order chi connectivity index (χ0) is 24.1. The number of Topliss-reactive ketones (excluding diaryl/α,β-unsaturated/α-hetero) is 1. The summed E-state index contributed by atoms with van der Waals surface area (Å²) in [4.78, 5) is 46.9. The largest absolute Gasteiger partial charge is 0.436 e. The summed E-state index contributed by atoms with van der Waals surface area (Å²) in [7, 11) is 0. The molecule has 2 fully saturated rings. The number of amides is 2. The van der Waals surface area contributed by atoms with Crippen LogP contribution in [0.25, 0.3) is 0 Å². The molecule has 2 aliphatic heterocycles. The van der Waals surface area contributed by atoms with Gasteiger partial charge in [-0.3, -0.25) is 9.59 Å². The van der Waals surface area contributed by atoms with Gasteiger partial charge >= 0.3 is 6.09 Å². The van der Waals surface area contributed by atoms with Crippen molar-refractivity contribution in [1.29, 1.82) is 0 Å². The van der Waals surface area contributed by atoms with Gasteiger partial charge in [-0.05, 0) is 44.0 Å². The third-order valence-corrected chi connectivity index (χ3v) is 7.34.